The average Bonchev–Trinajstić information content (AvgIpc) is 2.17. The number of carbonyl (C=O) groups is 1. The second-order valence-corrected chi connectivity index (χ2v) is 2.79. The minimum atomic E-state index is -0.0174. The van der Waals surface area contributed by atoms with Crippen LogP contribution in [0.2, 0.25) is 0 Å². The molecule has 74 valence electrons. The molecule has 1 aliphatic rings. The van der Waals surface area contributed by atoms with Gasteiger partial charge in [0.2, 0.25) is 5.91 Å². The fraction of sp³-hybridized carbons (Fsp3) is 0.833. The molecular formula is C6H11N4O3-. The fourth-order valence-corrected chi connectivity index (χ4v) is 1.23. The van der Waals surface area contributed by atoms with Gasteiger partial charge in [0.25, 0.3) is 0 Å². The third-order valence-corrected chi connectivity index (χ3v) is 2.01. The molecule has 0 aromatic heterocycles. The van der Waals surface area contributed by atoms with E-state index in [1.807, 2.05) is 0 Å². The van der Waals surface area contributed by atoms with Crippen molar-refractivity contribution in [2.75, 3.05) is 26.2 Å². The Morgan fingerprint density at radius 2 is 1.92 bits per heavy atom. The summed E-state index contributed by atoms with van der Waals surface area (Å²) >= 11 is 0. The highest BCUT2D eigenvalue weighted by atomic mass is 16.6. The molecule has 0 N–H and O–H groups in total. The van der Waals surface area contributed by atoms with Gasteiger partial charge < -0.3 is 15.3 Å². The molecule has 1 rings (SSSR count). The van der Waals surface area contributed by atoms with Gasteiger partial charge in [-0.25, -0.2) is 0 Å². The van der Waals surface area contributed by atoms with Crippen molar-refractivity contribution in [2.45, 2.75) is 6.92 Å². The highest BCUT2D eigenvalue weighted by Gasteiger charge is 2.22. The average molecular weight is 187 g/mol. The lowest BCUT2D eigenvalue weighted by molar-refractivity contribution is -0.692. The molecule has 7 nitrogen and oxygen atoms in total. The van der Waals surface area contributed by atoms with Crippen LogP contribution in [0.3, 0.4) is 0 Å². The summed E-state index contributed by atoms with van der Waals surface area (Å²) in [6, 6.07) is 0. The summed E-state index contributed by atoms with van der Waals surface area (Å²) in [5, 5.41) is 24.1. The van der Waals surface area contributed by atoms with Crippen LogP contribution < -0.4 is 0 Å². The van der Waals surface area contributed by atoms with E-state index in [0.717, 1.165) is 0 Å². The number of carbonyl (C=O) groups excluding carboxylic acids is 1. The van der Waals surface area contributed by atoms with Gasteiger partial charge in [-0.3, -0.25) is 4.79 Å². The number of amides is 1. The number of hydrogen-bond acceptors (Lipinski definition) is 4. The van der Waals surface area contributed by atoms with Crippen molar-refractivity contribution >= 4 is 5.91 Å². The first kappa shape index (κ1) is 9.56. The molecule has 1 aliphatic heterocycles. The molecule has 1 saturated heterocycles. The summed E-state index contributed by atoms with van der Waals surface area (Å²) in [5.74, 6) is -0.0174. The molecule has 0 atom stereocenters. The van der Waals surface area contributed by atoms with Gasteiger partial charge in [0.05, 0.1) is 13.1 Å². The van der Waals surface area contributed by atoms with E-state index in [0.29, 0.717) is 26.2 Å². The Labute approximate surface area is 75.4 Å². The van der Waals surface area contributed by atoms with E-state index in [-0.39, 0.29) is 10.9 Å². The second-order valence-electron chi connectivity index (χ2n) is 2.79. The molecule has 0 radical (unpaired) electrons. The Kier molecular flexibility index (Phi) is 2.88. The monoisotopic (exact) mass is 187 g/mol. The maximum Gasteiger partial charge on any atom is 0.219 e. The van der Waals surface area contributed by atoms with Crippen LogP contribution in [0.15, 0.2) is 5.28 Å². The molecule has 0 saturated carbocycles. The third kappa shape index (κ3) is 2.20. The second kappa shape index (κ2) is 3.92. The number of nitrogens with zero attached hydrogens (tertiary/aromatic N) is 4. The molecule has 0 bridgehead atoms. The van der Waals surface area contributed by atoms with E-state index in [1.165, 1.54) is 11.9 Å². The summed E-state index contributed by atoms with van der Waals surface area (Å²) in [5.41, 5.74) is 0. The van der Waals surface area contributed by atoms with Crippen LogP contribution >= 0.6 is 0 Å². The van der Waals surface area contributed by atoms with Crippen LogP contribution in [-0.2, 0) is 4.79 Å². The molecule has 0 spiro atoms. The van der Waals surface area contributed by atoms with Gasteiger partial charge in [0.15, 0.2) is 0 Å². The summed E-state index contributed by atoms with van der Waals surface area (Å²) in [7, 11) is 0. The number of rotatable bonds is 1. The largest absolute Gasteiger partial charge is 0.737 e. The normalized spacial score (nSPS) is 19.0. The lowest BCUT2D eigenvalue weighted by Crippen LogP contribution is -2.50. The Bertz CT molecular complexity index is 222. The molecule has 0 aliphatic carbocycles. The summed E-state index contributed by atoms with van der Waals surface area (Å²) in [6.45, 7) is 3.11. The van der Waals surface area contributed by atoms with Gasteiger partial charge >= 0.3 is 0 Å². The van der Waals surface area contributed by atoms with Gasteiger partial charge in [-0.05, 0) is 5.28 Å². The standard InChI is InChI=1S/C6H12N4O3/c1-6(11)8-2-4-9(5-3-8)10(13)7-12/h12H,2-5H2,1H3/p-1/b10-7-. The number of piperazine rings is 1. The molecule has 1 amide bonds. The van der Waals surface area contributed by atoms with Crippen molar-refractivity contribution < 1.29 is 9.76 Å². The van der Waals surface area contributed by atoms with E-state index >= 15 is 0 Å². The maximum atomic E-state index is 10.9. The van der Waals surface area contributed by atoms with Gasteiger partial charge in [-0.1, -0.05) is 0 Å². The summed E-state index contributed by atoms with van der Waals surface area (Å²) in [6.07, 6.45) is 0. The van der Waals surface area contributed by atoms with Crippen LogP contribution in [-0.4, -0.2) is 47.0 Å². The predicted octanol–water partition coefficient (Wildman–Crippen LogP) is -0.474. The maximum absolute atomic E-state index is 10.9. The molecule has 0 aromatic rings. The Morgan fingerprint density at radius 3 is 2.31 bits per heavy atom. The van der Waals surface area contributed by atoms with Crippen LogP contribution in [0.4, 0.5) is 0 Å². The Balaban J connectivity index is 2.43. The zero-order valence-electron chi connectivity index (χ0n) is 7.34. The van der Waals surface area contributed by atoms with Crippen LogP contribution in [0, 0.1) is 10.4 Å². The number of hydrogen-bond donors (Lipinski definition) is 0. The predicted molar refractivity (Wildman–Crippen MR) is 43.2 cm³/mol. The molecule has 13 heavy (non-hydrogen) atoms. The first-order valence-electron chi connectivity index (χ1n) is 3.96. The van der Waals surface area contributed by atoms with E-state index in [9.17, 15) is 15.2 Å². The highest BCUT2D eigenvalue weighted by Crippen LogP contribution is 2.01. The smallest absolute Gasteiger partial charge is 0.219 e. The fourth-order valence-electron chi connectivity index (χ4n) is 1.23. The summed E-state index contributed by atoms with van der Waals surface area (Å²) < 4.78 is 0. The zero-order valence-corrected chi connectivity index (χ0v) is 7.34. The lowest BCUT2D eigenvalue weighted by atomic mass is 10.3. The topological polar surface area (TPSA) is 85.0 Å². The van der Waals surface area contributed by atoms with Crippen molar-refractivity contribution in [2.24, 2.45) is 5.28 Å². The Hall–Kier alpha value is -1.53. The zero-order chi connectivity index (χ0) is 9.84. The van der Waals surface area contributed by atoms with E-state index in [4.69, 9.17) is 0 Å². The highest BCUT2D eigenvalue weighted by molar-refractivity contribution is 5.73. The van der Waals surface area contributed by atoms with Crippen molar-refractivity contribution in [1.82, 2.24) is 9.91 Å². The van der Waals surface area contributed by atoms with Gasteiger partial charge in [0, 0.05) is 25.0 Å². The molecule has 1 fully saturated rings. The van der Waals surface area contributed by atoms with E-state index < -0.39 is 0 Å². The van der Waals surface area contributed by atoms with Crippen LogP contribution in [0.25, 0.3) is 0 Å². The molecule has 1 heterocycles. The van der Waals surface area contributed by atoms with E-state index in [1.54, 1.807) is 4.90 Å². The number of hydrazine groups is 1. The third-order valence-electron chi connectivity index (χ3n) is 2.01. The van der Waals surface area contributed by atoms with Crippen LogP contribution in [0.1, 0.15) is 6.92 Å². The van der Waals surface area contributed by atoms with Gasteiger partial charge in [-0.2, -0.15) is 0 Å². The first-order valence-corrected chi connectivity index (χ1v) is 3.96. The molecular weight excluding hydrogens is 176 g/mol. The summed E-state index contributed by atoms with van der Waals surface area (Å²) in [4.78, 5) is 12.5. The van der Waals surface area contributed by atoms with Gasteiger partial charge in [0.1, 0.15) is 0 Å². The lowest BCUT2D eigenvalue weighted by Gasteiger charge is -2.31. The molecule has 7 heteroatoms. The SMILES string of the molecule is CC(=O)N1CCN(/[N+]([O-])=N/[O-])CC1. The van der Waals surface area contributed by atoms with E-state index in [2.05, 4.69) is 5.28 Å². The quantitative estimate of drug-likeness (QED) is 0.315. The van der Waals surface area contributed by atoms with Crippen molar-refractivity contribution in [3.8, 4) is 0 Å². The van der Waals surface area contributed by atoms with Gasteiger partial charge in [-0.15, -0.1) is 5.01 Å². The molecule has 0 unspecified atom stereocenters. The minimum absolute atomic E-state index is 0.0174. The van der Waals surface area contributed by atoms with Crippen molar-refractivity contribution in [3.63, 3.8) is 0 Å². The van der Waals surface area contributed by atoms with Crippen molar-refractivity contribution in [3.05, 3.63) is 10.4 Å². The minimum Gasteiger partial charge on any atom is -0.737 e. The van der Waals surface area contributed by atoms with Crippen molar-refractivity contribution in [1.29, 1.82) is 0 Å². The first-order chi connectivity index (χ1) is 6.15. The molecule has 0 aromatic carbocycles. The Morgan fingerprint density at radius 1 is 1.38 bits per heavy atom. The van der Waals surface area contributed by atoms with Crippen LogP contribution in [0.5, 0.6) is 0 Å².